The summed E-state index contributed by atoms with van der Waals surface area (Å²) in [5.41, 5.74) is -3.05. The Balaban J connectivity index is 1.07. The number of hydrogen-bond acceptors (Lipinski definition) is 20. The third-order valence-corrected chi connectivity index (χ3v) is 17.3. The summed E-state index contributed by atoms with van der Waals surface area (Å²) in [5, 5.41) is 53.0. The fourth-order valence-electron chi connectivity index (χ4n) is 12.5. The molecular weight excluding hydrogens is 1070 g/mol. The van der Waals surface area contributed by atoms with E-state index in [-0.39, 0.29) is 80.5 Å². The zero-order chi connectivity index (χ0) is 58.9. The summed E-state index contributed by atoms with van der Waals surface area (Å²) >= 11 is 6.61. The van der Waals surface area contributed by atoms with E-state index in [0.717, 1.165) is 12.8 Å². The second-order valence-corrected chi connectivity index (χ2v) is 24.1. The number of cyclic esters (lactones) is 1. The van der Waals surface area contributed by atoms with Crippen LogP contribution in [0.5, 0.6) is 0 Å². The van der Waals surface area contributed by atoms with Crippen LogP contribution in [0, 0.1) is 17.8 Å². The molecule has 0 radical (unpaired) electrons. The molecule has 24 heteroatoms. The monoisotopic (exact) mass is 1150 g/mol. The lowest BCUT2D eigenvalue weighted by atomic mass is 9.77. The topological polar surface area (TPSA) is 285 Å². The number of methoxy groups -OCH3 is 1. The van der Waals surface area contributed by atoms with Crippen LogP contribution < -0.4 is 16.1 Å². The molecule has 5 fully saturated rings. The van der Waals surface area contributed by atoms with Gasteiger partial charge in [0.1, 0.15) is 23.8 Å². The Labute approximate surface area is 473 Å². The van der Waals surface area contributed by atoms with E-state index in [1.165, 1.54) is 19.4 Å². The maximum absolute atomic E-state index is 14.8. The van der Waals surface area contributed by atoms with Crippen LogP contribution in [0.2, 0.25) is 5.02 Å². The predicted molar refractivity (Wildman–Crippen MR) is 292 cm³/mol. The predicted octanol–water partition coefficient (Wildman–Crippen LogP) is 4.66. The van der Waals surface area contributed by atoms with E-state index in [9.17, 15) is 44.4 Å². The lowest BCUT2D eigenvalue weighted by molar-refractivity contribution is -0.335. The molecule has 450 valence electrons. The molecule has 1 saturated carbocycles. The zero-order valence-corrected chi connectivity index (χ0v) is 49.2. The molecule has 1 aromatic heterocycles. The number of pyridine rings is 1. The first-order chi connectivity index (χ1) is 37.5. The number of hydrogen-bond donors (Lipinski definition) is 6. The van der Waals surface area contributed by atoms with Gasteiger partial charge in [-0.25, -0.2) is 9.59 Å². The highest BCUT2D eigenvalue weighted by atomic mass is 35.5. The SMILES string of the molecule is CC[C@H]1OC(=O)[C@H](C)[C@@H](O[C@H]2C[C@@](O)(OC)[C@H](NC(=O)CCOCCNc3cc4c(=O)c(C(=O)O)cn(C5CC5)c4cc3Cl)[C@H](C)O2)[C@H](C)[C@@H](O[C@@H]2O[C@H](C)C[C@H](N(C)C)[C@H]2O)[C@](C)(O)C[C@@H](C)CN(C)[C@H](C)[C@@H]2OC(=O)O[C@]12C. The number of carbonyl (C=O) groups is 4. The van der Waals surface area contributed by atoms with Crippen molar-refractivity contribution in [3.05, 3.63) is 39.1 Å². The molecule has 1 aromatic carbocycles. The van der Waals surface area contributed by atoms with Crippen molar-refractivity contribution in [3.63, 3.8) is 0 Å². The number of rotatable bonds is 17. The number of esters is 1. The van der Waals surface area contributed by atoms with E-state index >= 15 is 0 Å². The number of likely N-dealkylation sites (N-methyl/N-ethyl adjacent to an activating group) is 2. The van der Waals surface area contributed by atoms with Gasteiger partial charge in [0.05, 0.1) is 71.8 Å². The van der Waals surface area contributed by atoms with Crippen molar-refractivity contribution in [1.82, 2.24) is 19.7 Å². The van der Waals surface area contributed by atoms with Crippen molar-refractivity contribution >= 4 is 52.2 Å². The minimum atomic E-state index is -2.08. The number of carboxylic acid groups (broad SMARTS) is 1. The van der Waals surface area contributed by atoms with E-state index in [0.29, 0.717) is 29.2 Å². The van der Waals surface area contributed by atoms with Crippen LogP contribution in [0.4, 0.5) is 10.5 Å². The normalized spacial score (nSPS) is 37.7. The van der Waals surface area contributed by atoms with Gasteiger partial charge in [0, 0.05) is 62.2 Å². The number of nitrogens with zero attached hydrogens (tertiary/aromatic N) is 3. The minimum Gasteiger partial charge on any atom is -0.477 e. The van der Waals surface area contributed by atoms with Crippen molar-refractivity contribution in [2.75, 3.05) is 59.9 Å². The summed E-state index contributed by atoms with van der Waals surface area (Å²) < 4.78 is 57.6. The summed E-state index contributed by atoms with van der Waals surface area (Å²) in [6, 6.07) is 1.37. The number of amides is 1. The van der Waals surface area contributed by atoms with E-state index in [1.54, 1.807) is 45.3 Å². The van der Waals surface area contributed by atoms with Crippen LogP contribution in [0.15, 0.2) is 23.1 Å². The smallest absolute Gasteiger partial charge is 0.477 e. The number of aromatic nitrogens is 1. The Bertz CT molecular complexity index is 2590. The molecule has 7 rings (SSSR count). The zero-order valence-electron chi connectivity index (χ0n) is 48.5. The van der Waals surface area contributed by atoms with E-state index in [4.69, 9.17) is 54.2 Å². The van der Waals surface area contributed by atoms with Gasteiger partial charge < -0.3 is 83.2 Å². The number of carboxylic acids is 1. The molecule has 1 aliphatic carbocycles. The molecular formula is C56H86ClN5O18. The Morgan fingerprint density at radius 1 is 0.975 bits per heavy atom. The molecule has 2 aromatic rings. The van der Waals surface area contributed by atoms with Crippen LogP contribution in [0.1, 0.15) is 124 Å². The summed E-state index contributed by atoms with van der Waals surface area (Å²) in [5.74, 6) is -6.90. The lowest BCUT2D eigenvalue weighted by Crippen LogP contribution is -2.65. The highest BCUT2D eigenvalue weighted by Gasteiger charge is 2.59. The summed E-state index contributed by atoms with van der Waals surface area (Å²) in [4.78, 5) is 70.2. The molecule has 18 atom stereocenters. The maximum atomic E-state index is 14.8. The Morgan fingerprint density at radius 3 is 2.31 bits per heavy atom. The molecule has 4 saturated heterocycles. The number of aliphatic hydroxyl groups is 3. The van der Waals surface area contributed by atoms with Gasteiger partial charge in [0.25, 0.3) is 0 Å². The van der Waals surface area contributed by atoms with Gasteiger partial charge >= 0.3 is 18.1 Å². The summed E-state index contributed by atoms with van der Waals surface area (Å²) in [7, 11) is 6.87. The summed E-state index contributed by atoms with van der Waals surface area (Å²) in [6.45, 7) is 16.6. The van der Waals surface area contributed by atoms with Crippen molar-refractivity contribution in [2.24, 2.45) is 17.8 Å². The van der Waals surface area contributed by atoms with E-state index in [1.807, 2.05) is 58.6 Å². The number of aliphatic hydroxyl groups excluding tert-OH is 1. The van der Waals surface area contributed by atoms with Crippen LogP contribution in [0.3, 0.4) is 0 Å². The van der Waals surface area contributed by atoms with Gasteiger partial charge in [-0.05, 0) is 113 Å². The highest BCUT2D eigenvalue weighted by Crippen LogP contribution is 2.43. The molecule has 0 spiro atoms. The van der Waals surface area contributed by atoms with Crippen LogP contribution >= 0.6 is 11.6 Å². The fraction of sp³-hybridized carbons (Fsp3) is 0.768. The van der Waals surface area contributed by atoms with Crippen molar-refractivity contribution in [2.45, 2.75) is 204 Å². The van der Waals surface area contributed by atoms with Crippen molar-refractivity contribution in [3.8, 4) is 0 Å². The third-order valence-electron chi connectivity index (χ3n) is 17.0. The number of ether oxygens (including phenoxy) is 9. The Morgan fingerprint density at radius 2 is 1.68 bits per heavy atom. The summed E-state index contributed by atoms with van der Waals surface area (Å²) in [6.07, 6.45) is -6.51. The van der Waals surface area contributed by atoms with Gasteiger partial charge in [-0.15, -0.1) is 0 Å². The molecule has 4 aliphatic heterocycles. The van der Waals surface area contributed by atoms with Gasteiger partial charge in [0.15, 0.2) is 30.1 Å². The molecule has 23 nitrogen and oxygen atoms in total. The molecule has 5 heterocycles. The number of benzene rings is 1. The van der Waals surface area contributed by atoms with Crippen LogP contribution in [-0.2, 0) is 52.2 Å². The third kappa shape index (κ3) is 13.9. The number of fused-ring (bicyclic) bond motifs is 2. The number of nitrogens with one attached hydrogen (secondary N) is 2. The van der Waals surface area contributed by atoms with Gasteiger partial charge in [0.2, 0.25) is 11.3 Å². The first-order valence-electron chi connectivity index (χ1n) is 28.0. The van der Waals surface area contributed by atoms with Crippen LogP contribution in [-0.4, -0.2) is 204 Å². The average molecular weight is 1150 g/mol. The number of carbonyl (C=O) groups excluding carboxylic acids is 3. The molecule has 5 aliphatic rings. The van der Waals surface area contributed by atoms with Gasteiger partial charge in [-0.1, -0.05) is 32.4 Å². The molecule has 0 bridgehead atoms. The lowest BCUT2D eigenvalue weighted by Gasteiger charge is -2.49. The number of aromatic carboxylic acids is 1. The number of anilines is 1. The van der Waals surface area contributed by atoms with E-state index in [2.05, 4.69) is 10.6 Å². The largest absolute Gasteiger partial charge is 0.509 e. The second-order valence-electron chi connectivity index (χ2n) is 23.7. The Hall–Kier alpha value is -4.24. The number of halogens is 1. The van der Waals surface area contributed by atoms with Gasteiger partial charge in [-0.3, -0.25) is 19.3 Å². The average Bonchev–Trinajstić information content (AvgIpc) is 4.35. The van der Waals surface area contributed by atoms with Crippen molar-refractivity contribution < 1.29 is 82.2 Å². The first-order valence-corrected chi connectivity index (χ1v) is 28.4. The van der Waals surface area contributed by atoms with Gasteiger partial charge in [-0.2, -0.15) is 0 Å². The second kappa shape index (κ2) is 25.7. The Kier molecular flexibility index (Phi) is 20.4. The standard InChI is InChI=1S/C56H86ClN5O18/c1-14-41-55(9)49(79-53(69)80-55)32(6)61(12)26-28(2)24-54(8,70)48(78-52-45(65)40(60(10)11)21-29(3)74-52)30(4)46(31(5)51(68)76-41)77-43-25-56(71,72-13)47(33(7)75-43)59-42(63)17-19-73-20-18-58-38-22-35-39(23-37(38)57)62(34-15-16-34)27-36(44(35)64)50(66)67/h22-23,27-34,40-41,43,45-49,52,58,65,70-71H,14-21,24-26H2,1-13H3,(H,59,63)(H,66,67)/t28-,29-,30+,31-,32-,33+,40+,41-,43+,45-,46+,47-,48-,49+,52+,54-,55-,56-/m1/s1. The molecule has 6 N–H and O–H groups in total. The molecule has 0 unspecified atom stereocenters. The van der Waals surface area contributed by atoms with Crippen molar-refractivity contribution in [1.29, 1.82) is 0 Å². The highest BCUT2D eigenvalue weighted by molar-refractivity contribution is 6.34. The molecule has 80 heavy (non-hydrogen) atoms. The fourth-order valence-corrected chi connectivity index (χ4v) is 12.7. The maximum Gasteiger partial charge on any atom is 0.509 e. The van der Waals surface area contributed by atoms with E-state index < -0.39 is 120 Å². The minimum absolute atomic E-state index is 0.0208. The first kappa shape index (κ1) is 63.3. The molecule has 1 amide bonds. The quantitative estimate of drug-likeness (QED) is 0.0714. The van der Waals surface area contributed by atoms with Crippen LogP contribution in [0.25, 0.3) is 10.9 Å².